The van der Waals surface area contributed by atoms with E-state index in [0.29, 0.717) is 60.0 Å². The van der Waals surface area contributed by atoms with Gasteiger partial charge in [0.15, 0.2) is 22.9 Å². The number of fused-ring (bicyclic) bond motifs is 2. The van der Waals surface area contributed by atoms with Crippen LogP contribution >= 0.6 is 0 Å². The van der Waals surface area contributed by atoms with Crippen LogP contribution in [0.15, 0.2) is 28.8 Å². The molecule has 2 aromatic carbocycles. The molecule has 1 spiro atoms. The zero-order valence-electron chi connectivity index (χ0n) is 19.9. The van der Waals surface area contributed by atoms with Crippen LogP contribution in [0.5, 0.6) is 17.2 Å². The van der Waals surface area contributed by atoms with Crippen LogP contribution in [0.3, 0.4) is 0 Å². The number of hydrogen-bond donors (Lipinski definition) is 0. The van der Waals surface area contributed by atoms with E-state index in [9.17, 15) is 9.59 Å². The molecule has 0 bridgehead atoms. The lowest BCUT2D eigenvalue weighted by atomic mass is 9.82. The summed E-state index contributed by atoms with van der Waals surface area (Å²) in [6.45, 7) is 5.01. The highest BCUT2D eigenvalue weighted by atomic mass is 16.5. The van der Waals surface area contributed by atoms with Gasteiger partial charge in [0.1, 0.15) is 11.3 Å². The van der Waals surface area contributed by atoms with E-state index in [1.807, 2.05) is 24.8 Å². The Morgan fingerprint density at radius 2 is 1.91 bits per heavy atom. The first kappa shape index (κ1) is 22.3. The molecule has 0 radical (unpaired) electrons. The van der Waals surface area contributed by atoms with Crippen LogP contribution in [-0.2, 0) is 11.2 Å². The van der Waals surface area contributed by atoms with Gasteiger partial charge in [0.05, 0.1) is 32.6 Å². The Hall–Kier alpha value is -3.55. The normalized spacial score (nSPS) is 16.9. The maximum atomic E-state index is 13.1. The molecule has 8 nitrogen and oxygen atoms in total. The van der Waals surface area contributed by atoms with Gasteiger partial charge >= 0.3 is 0 Å². The number of aromatic nitrogens is 1. The van der Waals surface area contributed by atoms with Gasteiger partial charge in [0, 0.05) is 31.3 Å². The number of aryl methyl sites for hydroxylation is 2. The quantitative estimate of drug-likeness (QED) is 0.576. The number of ether oxygens (including phenoxy) is 3. The maximum Gasteiger partial charge on any atom is 0.228 e. The number of rotatable bonds is 4. The molecule has 3 heterocycles. The zero-order chi connectivity index (χ0) is 24.0. The average molecular weight is 465 g/mol. The first-order valence-corrected chi connectivity index (χ1v) is 11.4. The molecule has 5 rings (SSSR count). The summed E-state index contributed by atoms with van der Waals surface area (Å²) in [4.78, 5) is 27.9. The lowest BCUT2D eigenvalue weighted by Crippen LogP contribution is -2.52. The van der Waals surface area contributed by atoms with Crippen LogP contribution in [0.1, 0.15) is 46.4 Å². The number of likely N-dealkylation sites (tertiary alicyclic amines) is 1. The number of nitrogens with zero attached hydrogens (tertiary/aromatic N) is 2. The molecular weight excluding hydrogens is 436 g/mol. The number of piperidine rings is 1. The molecule has 2 aliphatic rings. The monoisotopic (exact) mass is 464 g/mol. The summed E-state index contributed by atoms with van der Waals surface area (Å²) in [5.74, 6) is 1.38. The Bertz CT molecular complexity index is 1290. The van der Waals surface area contributed by atoms with E-state index in [2.05, 4.69) is 11.2 Å². The van der Waals surface area contributed by atoms with Crippen molar-refractivity contribution >= 4 is 22.7 Å². The predicted octanol–water partition coefficient (Wildman–Crippen LogP) is 4.03. The van der Waals surface area contributed by atoms with Crippen molar-refractivity contribution in [2.24, 2.45) is 0 Å². The molecule has 178 valence electrons. The van der Waals surface area contributed by atoms with Crippen LogP contribution in [0.25, 0.3) is 11.0 Å². The summed E-state index contributed by atoms with van der Waals surface area (Å²) >= 11 is 0. The van der Waals surface area contributed by atoms with Crippen molar-refractivity contribution < 1.29 is 28.3 Å². The summed E-state index contributed by atoms with van der Waals surface area (Å²) < 4.78 is 22.8. The molecule has 1 fully saturated rings. The lowest BCUT2D eigenvalue weighted by molar-refractivity contribution is -0.134. The van der Waals surface area contributed by atoms with Crippen LogP contribution in [0.2, 0.25) is 0 Å². The third-order valence-corrected chi connectivity index (χ3v) is 6.93. The number of hydrogen-bond acceptors (Lipinski definition) is 7. The second-order valence-corrected chi connectivity index (χ2v) is 9.20. The molecule has 0 aliphatic carbocycles. The number of carbonyl (C=O) groups is 2. The molecule has 34 heavy (non-hydrogen) atoms. The number of benzene rings is 2. The average Bonchev–Trinajstić information content (AvgIpc) is 3.21. The molecule has 0 unspecified atom stereocenters. The van der Waals surface area contributed by atoms with Gasteiger partial charge in [0.25, 0.3) is 0 Å². The minimum atomic E-state index is -0.658. The summed E-state index contributed by atoms with van der Waals surface area (Å²) in [6, 6.07) is 7.44. The second kappa shape index (κ2) is 8.34. The fraction of sp³-hybridized carbons (Fsp3) is 0.423. The highest BCUT2D eigenvalue weighted by Gasteiger charge is 2.45. The summed E-state index contributed by atoms with van der Waals surface area (Å²) in [5.41, 5.74) is 3.36. The van der Waals surface area contributed by atoms with Gasteiger partial charge in [-0.1, -0.05) is 11.2 Å². The van der Waals surface area contributed by atoms with E-state index in [1.165, 1.54) is 7.11 Å². The van der Waals surface area contributed by atoms with Crippen molar-refractivity contribution in [1.82, 2.24) is 10.1 Å². The Kier molecular flexibility index (Phi) is 5.46. The van der Waals surface area contributed by atoms with E-state index >= 15 is 0 Å². The summed E-state index contributed by atoms with van der Waals surface area (Å²) in [7, 11) is 3.08. The van der Waals surface area contributed by atoms with Crippen molar-refractivity contribution in [3.63, 3.8) is 0 Å². The van der Waals surface area contributed by atoms with E-state index in [-0.39, 0.29) is 24.5 Å². The van der Waals surface area contributed by atoms with Gasteiger partial charge < -0.3 is 23.6 Å². The van der Waals surface area contributed by atoms with Crippen molar-refractivity contribution in [1.29, 1.82) is 0 Å². The van der Waals surface area contributed by atoms with Crippen molar-refractivity contribution in [3.8, 4) is 17.2 Å². The molecule has 3 aromatic rings. The second-order valence-electron chi connectivity index (χ2n) is 9.20. The van der Waals surface area contributed by atoms with Gasteiger partial charge in [-0.15, -0.1) is 0 Å². The molecule has 0 atom stereocenters. The Morgan fingerprint density at radius 1 is 1.15 bits per heavy atom. The summed E-state index contributed by atoms with van der Waals surface area (Å²) in [5, 5.41) is 5.08. The molecule has 2 aliphatic heterocycles. The molecule has 0 N–H and O–H groups in total. The van der Waals surface area contributed by atoms with Gasteiger partial charge in [0.2, 0.25) is 11.7 Å². The predicted molar refractivity (Wildman–Crippen MR) is 125 cm³/mol. The minimum absolute atomic E-state index is 0.00758. The van der Waals surface area contributed by atoms with Crippen LogP contribution < -0.4 is 14.2 Å². The number of carbonyl (C=O) groups excluding carboxylic acids is 2. The number of ketones is 1. The zero-order valence-corrected chi connectivity index (χ0v) is 19.9. The largest absolute Gasteiger partial charge is 0.493 e. The summed E-state index contributed by atoms with van der Waals surface area (Å²) in [6.07, 6.45) is 1.58. The Labute approximate surface area is 197 Å². The van der Waals surface area contributed by atoms with Gasteiger partial charge in [-0.05, 0) is 43.2 Å². The van der Waals surface area contributed by atoms with E-state index < -0.39 is 5.60 Å². The van der Waals surface area contributed by atoms with Crippen molar-refractivity contribution in [2.45, 2.75) is 45.1 Å². The number of amides is 1. The Morgan fingerprint density at radius 3 is 2.62 bits per heavy atom. The van der Waals surface area contributed by atoms with Crippen molar-refractivity contribution in [3.05, 3.63) is 46.6 Å². The third kappa shape index (κ3) is 3.67. The molecule has 0 saturated carbocycles. The Balaban J connectivity index is 1.32. The minimum Gasteiger partial charge on any atom is -0.493 e. The maximum absolute atomic E-state index is 13.1. The highest BCUT2D eigenvalue weighted by Crippen LogP contribution is 2.47. The molecule has 8 heteroatoms. The number of methoxy groups -OCH3 is 2. The lowest BCUT2D eigenvalue weighted by Gasteiger charge is -2.44. The molecule has 1 saturated heterocycles. The standard InChI is InChI=1S/C26H28N2O6/c1-15-11-16(2)23-18(27-34-21(23)12-15)13-22(30)28-9-7-26(8-10-28)14-19(29)17-5-6-20(31-3)25(32-4)24(17)33-26/h5-6,11-12H,7-10,13-14H2,1-4H3. The van der Waals surface area contributed by atoms with Crippen LogP contribution in [0, 0.1) is 13.8 Å². The van der Waals surface area contributed by atoms with Crippen LogP contribution in [0.4, 0.5) is 0 Å². The van der Waals surface area contributed by atoms with E-state index in [1.54, 1.807) is 19.2 Å². The molecule has 1 aromatic heterocycles. The SMILES string of the molecule is COc1ccc2c(c1OC)OC1(CCN(C(=O)Cc3noc4cc(C)cc(C)c34)CC1)CC2=O. The van der Waals surface area contributed by atoms with E-state index in [4.69, 9.17) is 18.7 Å². The van der Waals surface area contributed by atoms with Gasteiger partial charge in [-0.25, -0.2) is 0 Å². The third-order valence-electron chi connectivity index (χ3n) is 6.93. The molecular formula is C26H28N2O6. The fourth-order valence-electron chi connectivity index (χ4n) is 5.20. The molecule has 1 amide bonds. The van der Waals surface area contributed by atoms with Gasteiger partial charge in [-0.3, -0.25) is 9.59 Å². The van der Waals surface area contributed by atoms with Crippen LogP contribution in [-0.4, -0.2) is 54.7 Å². The first-order chi connectivity index (χ1) is 16.3. The topological polar surface area (TPSA) is 91.1 Å². The highest BCUT2D eigenvalue weighted by molar-refractivity contribution is 6.01. The first-order valence-electron chi connectivity index (χ1n) is 11.4. The number of Topliss-reactive ketones (excluding diaryl/α,β-unsaturated/α-hetero) is 1. The van der Waals surface area contributed by atoms with E-state index in [0.717, 1.165) is 16.5 Å². The smallest absolute Gasteiger partial charge is 0.228 e. The fourth-order valence-corrected chi connectivity index (χ4v) is 5.20. The van der Waals surface area contributed by atoms with Crippen molar-refractivity contribution in [2.75, 3.05) is 27.3 Å². The van der Waals surface area contributed by atoms with Gasteiger partial charge in [-0.2, -0.15) is 0 Å².